The summed E-state index contributed by atoms with van der Waals surface area (Å²) in [5.41, 5.74) is 1.03. The van der Waals surface area contributed by atoms with Crippen LogP contribution in [0.2, 0.25) is 0 Å². The molecule has 0 bridgehead atoms. The fourth-order valence-corrected chi connectivity index (χ4v) is 2.57. The van der Waals surface area contributed by atoms with Crippen LogP contribution in [0.4, 0.5) is 13.2 Å². The lowest BCUT2D eigenvalue weighted by Gasteiger charge is -2.14. The Hall–Kier alpha value is -3.10. The molecule has 1 N–H and O–H groups in total. The average Bonchev–Trinajstić information content (AvgIpc) is 3.03. The van der Waals surface area contributed by atoms with Gasteiger partial charge in [-0.1, -0.05) is 6.07 Å². The van der Waals surface area contributed by atoms with Crippen LogP contribution in [0.3, 0.4) is 0 Å². The predicted octanol–water partition coefficient (Wildman–Crippen LogP) is 3.29. The SMILES string of the molecule is Cc1nc(-c2cnn([C@H](C)c3ccc(OC(F)F)cc3F)c2)cc(=O)[nH]1. The fourth-order valence-electron chi connectivity index (χ4n) is 2.57. The van der Waals surface area contributed by atoms with Crippen LogP contribution in [0.1, 0.15) is 24.4 Å². The third-order valence-corrected chi connectivity index (χ3v) is 3.80. The van der Waals surface area contributed by atoms with Crippen LogP contribution in [0.15, 0.2) is 41.5 Å². The van der Waals surface area contributed by atoms with Crippen molar-refractivity contribution in [3.63, 3.8) is 0 Å². The molecule has 1 atom stereocenters. The molecule has 9 heteroatoms. The minimum atomic E-state index is -3.02. The van der Waals surface area contributed by atoms with E-state index in [2.05, 4.69) is 19.8 Å². The first-order valence-electron chi connectivity index (χ1n) is 7.70. The van der Waals surface area contributed by atoms with E-state index in [0.717, 1.165) is 6.07 Å². The quantitative estimate of drug-likeness (QED) is 0.754. The molecular weight excluding hydrogens is 349 g/mol. The van der Waals surface area contributed by atoms with Crippen LogP contribution in [0.5, 0.6) is 5.75 Å². The van der Waals surface area contributed by atoms with Gasteiger partial charge >= 0.3 is 6.61 Å². The van der Waals surface area contributed by atoms with Crippen LogP contribution in [0.25, 0.3) is 11.3 Å². The maximum absolute atomic E-state index is 14.2. The lowest BCUT2D eigenvalue weighted by atomic mass is 10.1. The van der Waals surface area contributed by atoms with Gasteiger partial charge in [0.1, 0.15) is 17.4 Å². The molecule has 0 aliphatic carbocycles. The third-order valence-electron chi connectivity index (χ3n) is 3.80. The van der Waals surface area contributed by atoms with Crippen molar-refractivity contribution in [3.05, 3.63) is 64.2 Å². The number of nitrogens with zero attached hydrogens (tertiary/aromatic N) is 3. The Kier molecular flexibility index (Phi) is 4.79. The Morgan fingerprint density at radius 1 is 1.27 bits per heavy atom. The first-order chi connectivity index (χ1) is 12.3. The summed E-state index contributed by atoms with van der Waals surface area (Å²) >= 11 is 0. The van der Waals surface area contributed by atoms with Gasteiger partial charge in [0.25, 0.3) is 5.56 Å². The Morgan fingerprint density at radius 3 is 2.69 bits per heavy atom. The number of nitrogens with one attached hydrogen (secondary N) is 1. The maximum atomic E-state index is 14.2. The summed E-state index contributed by atoms with van der Waals surface area (Å²) in [6, 6.07) is 4.38. The molecule has 0 saturated heterocycles. The molecule has 1 aromatic carbocycles. The average molecular weight is 364 g/mol. The molecule has 0 aliphatic heterocycles. The predicted molar refractivity (Wildman–Crippen MR) is 87.7 cm³/mol. The number of hydrogen-bond acceptors (Lipinski definition) is 4. The van der Waals surface area contributed by atoms with Crippen LogP contribution < -0.4 is 10.3 Å². The topological polar surface area (TPSA) is 72.8 Å². The summed E-state index contributed by atoms with van der Waals surface area (Å²) in [7, 11) is 0. The van der Waals surface area contributed by atoms with Gasteiger partial charge in [0.2, 0.25) is 0 Å². The zero-order chi connectivity index (χ0) is 18.8. The number of rotatable bonds is 5. The molecule has 136 valence electrons. The molecule has 0 aliphatic rings. The van der Waals surface area contributed by atoms with Gasteiger partial charge in [0.05, 0.1) is 17.9 Å². The zero-order valence-corrected chi connectivity index (χ0v) is 13.9. The second-order valence-electron chi connectivity index (χ2n) is 5.66. The number of alkyl halides is 2. The van der Waals surface area contributed by atoms with E-state index in [0.29, 0.717) is 17.1 Å². The lowest BCUT2D eigenvalue weighted by molar-refractivity contribution is -0.0500. The minimum Gasteiger partial charge on any atom is -0.435 e. The maximum Gasteiger partial charge on any atom is 0.387 e. The number of hydrogen-bond donors (Lipinski definition) is 1. The normalized spacial score (nSPS) is 12.4. The molecule has 26 heavy (non-hydrogen) atoms. The molecular formula is C17H15F3N4O2. The molecule has 2 heterocycles. The van der Waals surface area contributed by atoms with Crippen molar-refractivity contribution in [1.82, 2.24) is 19.7 Å². The number of ether oxygens (including phenoxy) is 1. The van der Waals surface area contributed by atoms with Crippen molar-refractivity contribution in [2.45, 2.75) is 26.5 Å². The van der Waals surface area contributed by atoms with Gasteiger partial charge in [-0.15, -0.1) is 0 Å². The summed E-state index contributed by atoms with van der Waals surface area (Å²) in [5.74, 6) is -0.468. The highest BCUT2D eigenvalue weighted by Crippen LogP contribution is 2.26. The summed E-state index contributed by atoms with van der Waals surface area (Å²) in [4.78, 5) is 18.4. The van der Waals surface area contributed by atoms with Gasteiger partial charge in [-0.2, -0.15) is 13.9 Å². The van der Waals surface area contributed by atoms with Gasteiger partial charge in [0.15, 0.2) is 0 Å². The zero-order valence-electron chi connectivity index (χ0n) is 13.9. The second-order valence-corrected chi connectivity index (χ2v) is 5.66. The van der Waals surface area contributed by atoms with E-state index in [1.54, 1.807) is 20.0 Å². The first-order valence-corrected chi connectivity index (χ1v) is 7.70. The summed E-state index contributed by atoms with van der Waals surface area (Å²) in [6.07, 6.45) is 3.15. The molecule has 0 radical (unpaired) electrons. The molecule has 3 rings (SSSR count). The van der Waals surface area contributed by atoms with Crippen LogP contribution in [-0.2, 0) is 0 Å². The number of benzene rings is 1. The first kappa shape index (κ1) is 17.7. The molecule has 3 aromatic rings. The highest BCUT2D eigenvalue weighted by molar-refractivity contribution is 5.56. The third kappa shape index (κ3) is 3.76. The van der Waals surface area contributed by atoms with Crippen molar-refractivity contribution in [2.24, 2.45) is 0 Å². The van der Waals surface area contributed by atoms with Gasteiger partial charge in [0, 0.05) is 29.5 Å². The molecule has 6 nitrogen and oxygen atoms in total. The largest absolute Gasteiger partial charge is 0.435 e. The Bertz CT molecular complexity index is 984. The van der Waals surface area contributed by atoms with E-state index < -0.39 is 18.5 Å². The molecule has 0 spiro atoms. The Morgan fingerprint density at radius 2 is 2.04 bits per heavy atom. The van der Waals surface area contributed by atoms with Crippen molar-refractivity contribution >= 4 is 0 Å². The number of aromatic amines is 1. The van der Waals surface area contributed by atoms with Crippen LogP contribution in [0, 0.1) is 12.7 Å². The summed E-state index contributed by atoms with van der Waals surface area (Å²) in [6.45, 7) is 0.353. The number of H-pyrrole nitrogens is 1. The van der Waals surface area contributed by atoms with Gasteiger partial charge in [-0.05, 0) is 19.9 Å². The van der Waals surface area contributed by atoms with E-state index >= 15 is 0 Å². The minimum absolute atomic E-state index is 0.252. The van der Waals surface area contributed by atoms with Gasteiger partial charge in [-0.3, -0.25) is 9.48 Å². The number of aromatic nitrogens is 4. The molecule has 0 amide bonds. The van der Waals surface area contributed by atoms with E-state index in [9.17, 15) is 18.0 Å². The standard InChI is InChI=1S/C17H15F3N4O2/c1-9(13-4-3-12(5-14(13)18)26-17(19)20)24-8-11(7-21-24)15-6-16(25)23-10(2)22-15/h3-9,17H,1-2H3,(H,22,23,25)/t9-/m1/s1. The van der Waals surface area contributed by atoms with E-state index in [1.165, 1.54) is 29.1 Å². The lowest BCUT2D eigenvalue weighted by Crippen LogP contribution is -2.10. The molecule has 0 unspecified atom stereocenters. The van der Waals surface area contributed by atoms with Crippen molar-refractivity contribution in [1.29, 1.82) is 0 Å². The van der Waals surface area contributed by atoms with Gasteiger partial charge in [-0.25, -0.2) is 9.37 Å². The molecule has 0 fully saturated rings. The second kappa shape index (κ2) is 7.03. The Labute approximate surface area is 146 Å². The Balaban J connectivity index is 1.88. The number of aryl methyl sites for hydroxylation is 1. The van der Waals surface area contributed by atoms with Crippen molar-refractivity contribution in [3.8, 4) is 17.0 Å². The van der Waals surface area contributed by atoms with Crippen molar-refractivity contribution < 1.29 is 17.9 Å². The van der Waals surface area contributed by atoms with Crippen LogP contribution in [-0.4, -0.2) is 26.4 Å². The van der Waals surface area contributed by atoms with Gasteiger partial charge < -0.3 is 9.72 Å². The highest BCUT2D eigenvalue weighted by Gasteiger charge is 2.16. The highest BCUT2D eigenvalue weighted by atomic mass is 19.3. The summed E-state index contributed by atoms with van der Waals surface area (Å²) in [5, 5.41) is 4.19. The monoisotopic (exact) mass is 364 g/mol. The number of halogens is 3. The smallest absolute Gasteiger partial charge is 0.387 e. The van der Waals surface area contributed by atoms with E-state index in [-0.39, 0.29) is 16.9 Å². The fraction of sp³-hybridized carbons (Fsp3) is 0.235. The van der Waals surface area contributed by atoms with Crippen molar-refractivity contribution in [2.75, 3.05) is 0 Å². The van der Waals surface area contributed by atoms with E-state index in [4.69, 9.17) is 0 Å². The molecule has 2 aromatic heterocycles. The van der Waals surface area contributed by atoms with Crippen LogP contribution >= 0.6 is 0 Å². The summed E-state index contributed by atoms with van der Waals surface area (Å²) < 4.78 is 44.3. The van der Waals surface area contributed by atoms with E-state index in [1.807, 2.05) is 0 Å². The molecule has 0 saturated carbocycles.